The van der Waals surface area contributed by atoms with Gasteiger partial charge in [0, 0.05) is 5.56 Å². The van der Waals surface area contributed by atoms with Crippen molar-refractivity contribution in [1.29, 1.82) is 0 Å². The molecule has 142 valence electrons. The molecule has 28 heavy (non-hydrogen) atoms. The summed E-state index contributed by atoms with van der Waals surface area (Å²) in [6.07, 6.45) is 1.43. The van der Waals surface area contributed by atoms with E-state index in [9.17, 15) is 5.11 Å². The summed E-state index contributed by atoms with van der Waals surface area (Å²) in [6, 6.07) is 12.9. The van der Waals surface area contributed by atoms with Crippen molar-refractivity contribution in [1.82, 2.24) is 9.97 Å². The van der Waals surface area contributed by atoms with Crippen LogP contribution in [-0.4, -0.2) is 35.0 Å². The van der Waals surface area contributed by atoms with Crippen molar-refractivity contribution in [3.8, 4) is 28.9 Å². The normalized spacial score (nSPS) is 11.4. The highest BCUT2D eigenvalue weighted by atomic mass is 32.1. The van der Waals surface area contributed by atoms with Crippen LogP contribution in [0.3, 0.4) is 0 Å². The topological polar surface area (TPSA) is 90.0 Å². The monoisotopic (exact) mass is 395 g/mol. The van der Waals surface area contributed by atoms with Crippen LogP contribution in [0.15, 0.2) is 51.9 Å². The lowest BCUT2D eigenvalue weighted by Gasteiger charge is -2.00. The number of benzene rings is 2. The van der Waals surface area contributed by atoms with Crippen LogP contribution in [-0.2, 0) is 0 Å². The summed E-state index contributed by atoms with van der Waals surface area (Å²) >= 11 is 1.42. The number of oxazole rings is 1. The number of nitrogens with zero attached hydrogens (tertiary/aromatic N) is 3. The molecule has 0 aliphatic heterocycles. The van der Waals surface area contributed by atoms with E-state index in [0.717, 1.165) is 16.0 Å². The van der Waals surface area contributed by atoms with Crippen molar-refractivity contribution in [2.45, 2.75) is 6.92 Å². The molecule has 0 saturated heterocycles. The van der Waals surface area contributed by atoms with Gasteiger partial charge >= 0.3 is 5.95 Å². The zero-order chi connectivity index (χ0) is 19.5. The Morgan fingerprint density at radius 2 is 2.07 bits per heavy atom. The lowest BCUT2D eigenvalue weighted by molar-refractivity contribution is 0.336. The van der Waals surface area contributed by atoms with Crippen LogP contribution >= 0.6 is 11.3 Å². The fourth-order valence-electron chi connectivity index (χ4n) is 2.61. The third kappa shape index (κ3) is 3.67. The van der Waals surface area contributed by atoms with Crippen LogP contribution in [0.5, 0.6) is 17.4 Å². The Morgan fingerprint density at radius 3 is 2.89 bits per heavy atom. The third-order valence-corrected chi connectivity index (χ3v) is 4.83. The fraction of sp³-hybridized carbons (Fsp3) is 0.150. The highest BCUT2D eigenvalue weighted by molar-refractivity contribution is 7.22. The summed E-state index contributed by atoms with van der Waals surface area (Å²) in [5.41, 5.74) is 1.76. The molecule has 0 fully saturated rings. The highest BCUT2D eigenvalue weighted by Gasteiger charge is 2.13. The minimum atomic E-state index is -0.304. The minimum absolute atomic E-state index is 0.229. The van der Waals surface area contributed by atoms with E-state index in [1.54, 1.807) is 13.2 Å². The van der Waals surface area contributed by atoms with Gasteiger partial charge in [-0.05, 0) is 43.3 Å². The van der Waals surface area contributed by atoms with Gasteiger partial charge in [-0.25, -0.2) is 15.0 Å². The predicted molar refractivity (Wildman–Crippen MR) is 108 cm³/mol. The van der Waals surface area contributed by atoms with E-state index in [-0.39, 0.29) is 17.5 Å². The van der Waals surface area contributed by atoms with Gasteiger partial charge in [0.2, 0.25) is 11.0 Å². The van der Waals surface area contributed by atoms with Crippen molar-refractivity contribution in [2.75, 3.05) is 13.7 Å². The summed E-state index contributed by atoms with van der Waals surface area (Å²) in [5, 5.41) is 10.6. The Kier molecular flexibility index (Phi) is 4.94. The molecule has 0 bridgehead atoms. The maximum atomic E-state index is 10.0. The summed E-state index contributed by atoms with van der Waals surface area (Å²) < 4.78 is 17.0. The maximum absolute atomic E-state index is 10.0. The Bertz CT molecular complexity index is 1150. The third-order valence-electron chi connectivity index (χ3n) is 3.91. The van der Waals surface area contributed by atoms with Gasteiger partial charge in [0.25, 0.3) is 0 Å². The molecule has 2 aromatic heterocycles. The van der Waals surface area contributed by atoms with Crippen molar-refractivity contribution >= 4 is 32.9 Å². The van der Waals surface area contributed by atoms with E-state index >= 15 is 0 Å². The average Bonchev–Trinajstić information content (AvgIpc) is 3.29. The number of fused-ring (bicyclic) bond motifs is 1. The molecule has 0 aliphatic carbocycles. The van der Waals surface area contributed by atoms with Crippen LogP contribution in [0.4, 0.5) is 5.13 Å². The van der Waals surface area contributed by atoms with Gasteiger partial charge in [-0.15, -0.1) is 0 Å². The standard InChI is InChI=1S/C20H17N3O4S/c1-3-26-14-7-8-15-17(10-14)28-20(23-15)21-11-16-19(24)27-18(22-16)12-5-4-6-13(9-12)25-2/h4-11,24H,3H2,1-2H3/b21-11+. The van der Waals surface area contributed by atoms with Gasteiger partial charge in [0.15, 0.2) is 5.69 Å². The largest absolute Gasteiger partial charge is 0.497 e. The van der Waals surface area contributed by atoms with Crippen molar-refractivity contribution in [3.05, 3.63) is 48.2 Å². The van der Waals surface area contributed by atoms with Gasteiger partial charge in [0.05, 0.1) is 30.1 Å². The first-order valence-electron chi connectivity index (χ1n) is 8.58. The molecule has 4 aromatic rings. The maximum Gasteiger partial charge on any atom is 0.312 e. The van der Waals surface area contributed by atoms with Crippen LogP contribution in [0.2, 0.25) is 0 Å². The van der Waals surface area contributed by atoms with E-state index in [0.29, 0.717) is 23.1 Å². The Balaban J connectivity index is 1.59. The van der Waals surface area contributed by atoms with Crippen molar-refractivity contribution < 1.29 is 19.0 Å². The van der Waals surface area contributed by atoms with Crippen LogP contribution in [0.1, 0.15) is 12.6 Å². The zero-order valence-corrected chi connectivity index (χ0v) is 16.1. The highest BCUT2D eigenvalue weighted by Crippen LogP contribution is 2.32. The average molecular weight is 395 g/mol. The second-order valence-electron chi connectivity index (χ2n) is 5.76. The molecule has 2 heterocycles. The Hall–Kier alpha value is -3.39. The molecular formula is C20H17N3O4S. The first-order valence-corrected chi connectivity index (χ1v) is 9.39. The Labute approximate surface area is 164 Å². The molecule has 4 rings (SSSR count). The summed E-state index contributed by atoms with van der Waals surface area (Å²) in [6.45, 7) is 2.55. The van der Waals surface area contributed by atoms with Crippen molar-refractivity contribution in [2.24, 2.45) is 4.99 Å². The van der Waals surface area contributed by atoms with E-state index < -0.39 is 0 Å². The zero-order valence-electron chi connectivity index (χ0n) is 15.2. The predicted octanol–water partition coefficient (Wildman–Crippen LogP) is 4.81. The van der Waals surface area contributed by atoms with E-state index in [1.165, 1.54) is 17.6 Å². The van der Waals surface area contributed by atoms with E-state index in [4.69, 9.17) is 13.9 Å². The number of aromatic hydroxyl groups is 1. The summed E-state index contributed by atoms with van der Waals surface area (Å²) in [5.74, 6) is 1.45. The van der Waals surface area contributed by atoms with E-state index in [1.807, 2.05) is 43.3 Å². The molecule has 0 aliphatic rings. The summed E-state index contributed by atoms with van der Waals surface area (Å²) in [7, 11) is 1.58. The number of ether oxygens (including phenoxy) is 2. The van der Waals surface area contributed by atoms with E-state index in [2.05, 4.69) is 15.0 Å². The van der Waals surface area contributed by atoms with Crippen LogP contribution < -0.4 is 9.47 Å². The fourth-order valence-corrected chi connectivity index (χ4v) is 3.45. The second-order valence-corrected chi connectivity index (χ2v) is 6.77. The smallest absolute Gasteiger partial charge is 0.312 e. The minimum Gasteiger partial charge on any atom is -0.497 e. The molecular weight excluding hydrogens is 378 g/mol. The number of methoxy groups -OCH3 is 1. The number of aliphatic imine (C=N–C) groups is 1. The van der Waals surface area contributed by atoms with Crippen LogP contribution in [0, 0.1) is 0 Å². The summed E-state index contributed by atoms with van der Waals surface area (Å²) in [4.78, 5) is 13.1. The SMILES string of the molecule is CCOc1ccc2nc(/N=C/c3nc(-c4cccc(OC)c4)oc3O)sc2c1. The van der Waals surface area contributed by atoms with Gasteiger partial charge < -0.3 is 19.0 Å². The van der Waals surface area contributed by atoms with Gasteiger partial charge in [-0.3, -0.25) is 0 Å². The number of aromatic nitrogens is 2. The van der Waals surface area contributed by atoms with Gasteiger partial charge in [-0.1, -0.05) is 17.4 Å². The van der Waals surface area contributed by atoms with Gasteiger partial charge in [-0.2, -0.15) is 0 Å². The molecule has 0 saturated carbocycles. The van der Waals surface area contributed by atoms with Crippen molar-refractivity contribution in [3.63, 3.8) is 0 Å². The molecule has 1 N–H and O–H groups in total. The molecule has 0 spiro atoms. The first kappa shape index (κ1) is 18.0. The molecule has 0 radical (unpaired) electrons. The number of hydrogen-bond acceptors (Lipinski definition) is 8. The molecule has 0 amide bonds. The van der Waals surface area contributed by atoms with Crippen LogP contribution in [0.25, 0.3) is 21.7 Å². The lowest BCUT2D eigenvalue weighted by Crippen LogP contribution is -1.89. The molecule has 8 heteroatoms. The molecule has 7 nitrogen and oxygen atoms in total. The number of rotatable bonds is 6. The van der Waals surface area contributed by atoms with Gasteiger partial charge in [0.1, 0.15) is 11.5 Å². The number of hydrogen-bond donors (Lipinski definition) is 1. The molecule has 0 atom stereocenters. The second kappa shape index (κ2) is 7.69. The number of thiazole rings is 1. The Morgan fingerprint density at radius 1 is 1.18 bits per heavy atom. The molecule has 0 unspecified atom stereocenters. The first-order chi connectivity index (χ1) is 13.7. The quantitative estimate of drug-likeness (QED) is 0.471. The lowest BCUT2D eigenvalue weighted by atomic mass is 10.2. The molecule has 2 aromatic carbocycles.